The highest BCUT2D eigenvalue weighted by atomic mass is 16.5. The van der Waals surface area contributed by atoms with E-state index in [9.17, 15) is 4.79 Å². The summed E-state index contributed by atoms with van der Waals surface area (Å²) in [6, 6.07) is 8.05. The second kappa shape index (κ2) is 8.38. The third-order valence-corrected chi connectivity index (χ3v) is 6.30. The van der Waals surface area contributed by atoms with Gasteiger partial charge < -0.3 is 14.1 Å². The first-order chi connectivity index (χ1) is 14.4. The number of ether oxygens (including phenoxy) is 1. The van der Waals surface area contributed by atoms with E-state index in [0.29, 0.717) is 24.7 Å². The number of amides is 1. The molecule has 1 aromatic carbocycles. The van der Waals surface area contributed by atoms with Gasteiger partial charge >= 0.3 is 0 Å². The Morgan fingerprint density at radius 2 is 2.03 bits per heavy atom. The second-order valence-electron chi connectivity index (χ2n) is 9.33. The van der Waals surface area contributed by atoms with Crippen molar-refractivity contribution in [3.05, 3.63) is 41.6 Å². The predicted molar refractivity (Wildman–Crippen MR) is 113 cm³/mol. The van der Waals surface area contributed by atoms with Gasteiger partial charge in [0.15, 0.2) is 0 Å². The lowest BCUT2D eigenvalue weighted by atomic mass is 9.77. The van der Waals surface area contributed by atoms with Gasteiger partial charge in [0, 0.05) is 37.9 Å². The number of hydrogen-bond donors (Lipinski definition) is 0. The predicted octanol–water partition coefficient (Wildman–Crippen LogP) is 3.11. The molecular formula is C23H32N4O3. The molecule has 2 saturated heterocycles. The highest BCUT2D eigenvalue weighted by Crippen LogP contribution is 2.47. The van der Waals surface area contributed by atoms with Gasteiger partial charge in [-0.3, -0.25) is 9.69 Å². The Labute approximate surface area is 178 Å². The molecule has 0 bridgehead atoms. The van der Waals surface area contributed by atoms with E-state index in [-0.39, 0.29) is 17.4 Å². The third kappa shape index (κ3) is 4.21. The van der Waals surface area contributed by atoms with Gasteiger partial charge in [0.25, 0.3) is 0 Å². The molecule has 0 saturated carbocycles. The number of benzene rings is 1. The number of aromatic nitrogens is 2. The summed E-state index contributed by atoms with van der Waals surface area (Å²) in [5, 5.41) is 8.53. The van der Waals surface area contributed by atoms with Crippen LogP contribution in [0.1, 0.15) is 50.1 Å². The normalized spacial score (nSPS) is 20.7. The van der Waals surface area contributed by atoms with Gasteiger partial charge in [0.1, 0.15) is 5.75 Å². The molecule has 0 aliphatic carbocycles. The summed E-state index contributed by atoms with van der Waals surface area (Å²) < 4.78 is 11.3. The Hall–Kier alpha value is -2.41. The van der Waals surface area contributed by atoms with E-state index in [1.807, 2.05) is 29.2 Å². The van der Waals surface area contributed by atoms with E-state index < -0.39 is 0 Å². The average molecular weight is 413 g/mol. The van der Waals surface area contributed by atoms with Crippen molar-refractivity contribution in [3.8, 4) is 5.75 Å². The minimum atomic E-state index is 0.143. The number of aryl methyl sites for hydroxylation is 1. The molecular weight excluding hydrogens is 380 g/mol. The minimum Gasteiger partial charge on any atom is -0.496 e. The SMILES string of the molecule is COc1ccccc1CCC(=O)N1CC2(CC(c3nnc(CC(C)C)o3)N(C)C2)C1. The van der Waals surface area contributed by atoms with E-state index in [0.717, 1.165) is 49.7 Å². The Morgan fingerprint density at radius 3 is 2.77 bits per heavy atom. The fraction of sp³-hybridized carbons (Fsp3) is 0.609. The molecule has 1 atom stereocenters. The van der Waals surface area contributed by atoms with Crippen molar-refractivity contribution in [2.45, 2.75) is 45.6 Å². The van der Waals surface area contributed by atoms with Crippen LogP contribution in [0.15, 0.2) is 28.7 Å². The summed E-state index contributed by atoms with van der Waals surface area (Å²) in [6.07, 6.45) is 2.99. The molecule has 7 nitrogen and oxygen atoms in total. The fourth-order valence-electron chi connectivity index (χ4n) is 4.86. The smallest absolute Gasteiger partial charge is 0.233 e. The number of carbonyl (C=O) groups is 1. The molecule has 2 aliphatic rings. The van der Waals surface area contributed by atoms with Crippen LogP contribution in [-0.2, 0) is 17.6 Å². The maximum atomic E-state index is 12.7. The van der Waals surface area contributed by atoms with Crippen LogP contribution in [-0.4, -0.2) is 59.7 Å². The summed E-state index contributed by atoms with van der Waals surface area (Å²) in [7, 11) is 3.78. The summed E-state index contributed by atoms with van der Waals surface area (Å²) in [4.78, 5) is 17.0. The number of likely N-dealkylation sites (tertiary alicyclic amines) is 2. The lowest BCUT2D eigenvalue weighted by Crippen LogP contribution is -2.59. The summed E-state index contributed by atoms with van der Waals surface area (Å²) >= 11 is 0. The molecule has 7 heteroatoms. The van der Waals surface area contributed by atoms with Crippen molar-refractivity contribution in [1.29, 1.82) is 0 Å². The summed E-state index contributed by atoms with van der Waals surface area (Å²) in [6.45, 7) is 6.87. The first-order valence-corrected chi connectivity index (χ1v) is 10.8. The van der Waals surface area contributed by atoms with Crippen LogP contribution in [0.3, 0.4) is 0 Å². The van der Waals surface area contributed by atoms with Crippen molar-refractivity contribution in [3.63, 3.8) is 0 Å². The topological polar surface area (TPSA) is 71.7 Å². The van der Waals surface area contributed by atoms with E-state index in [2.05, 4.69) is 36.0 Å². The number of methoxy groups -OCH3 is 1. The van der Waals surface area contributed by atoms with Crippen molar-refractivity contribution in [2.75, 3.05) is 33.8 Å². The Balaban J connectivity index is 1.31. The zero-order valence-corrected chi connectivity index (χ0v) is 18.4. The third-order valence-electron chi connectivity index (χ3n) is 6.30. The second-order valence-corrected chi connectivity index (χ2v) is 9.33. The first-order valence-electron chi connectivity index (χ1n) is 10.8. The molecule has 1 spiro atoms. The average Bonchev–Trinajstić information content (AvgIpc) is 3.28. The van der Waals surface area contributed by atoms with Crippen LogP contribution in [0.4, 0.5) is 0 Å². The van der Waals surface area contributed by atoms with Gasteiger partial charge in [0.05, 0.1) is 13.2 Å². The van der Waals surface area contributed by atoms with Crippen LogP contribution in [0.25, 0.3) is 0 Å². The molecule has 2 aliphatic heterocycles. The van der Waals surface area contributed by atoms with Gasteiger partial charge in [-0.15, -0.1) is 10.2 Å². The monoisotopic (exact) mass is 412 g/mol. The van der Waals surface area contributed by atoms with E-state index in [1.165, 1.54) is 0 Å². The molecule has 2 fully saturated rings. The zero-order valence-electron chi connectivity index (χ0n) is 18.4. The number of carbonyl (C=O) groups excluding carboxylic acids is 1. The van der Waals surface area contributed by atoms with Crippen molar-refractivity contribution >= 4 is 5.91 Å². The maximum absolute atomic E-state index is 12.7. The fourth-order valence-corrected chi connectivity index (χ4v) is 4.86. The molecule has 1 aromatic heterocycles. The quantitative estimate of drug-likeness (QED) is 0.696. The number of nitrogens with zero attached hydrogens (tertiary/aromatic N) is 4. The number of para-hydroxylation sites is 1. The van der Waals surface area contributed by atoms with Crippen molar-refractivity contribution in [1.82, 2.24) is 20.0 Å². The molecule has 1 unspecified atom stereocenters. The van der Waals surface area contributed by atoms with Gasteiger partial charge in [-0.1, -0.05) is 32.0 Å². The first kappa shape index (κ1) is 20.8. The molecule has 2 aromatic rings. The largest absolute Gasteiger partial charge is 0.496 e. The van der Waals surface area contributed by atoms with E-state index in [1.54, 1.807) is 7.11 Å². The molecule has 4 rings (SSSR count). The maximum Gasteiger partial charge on any atom is 0.233 e. The molecule has 0 radical (unpaired) electrons. The number of hydrogen-bond acceptors (Lipinski definition) is 6. The van der Waals surface area contributed by atoms with Crippen LogP contribution in [0, 0.1) is 11.3 Å². The van der Waals surface area contributed by atoms with Crippen LogP contribution in [0.5, 0.6) is 5.75 Å². The van der Waals surface area contributed by atoms with Gasteiger partial charge in [-0.2, -0.15) is 0 Å². The molecule has 1 amide bonds. The summed E-state index contributed by atoms with van der Waals surface area (Å²) in [5.41, 5.74) is 1.23. The van der Waals surface area contributed by atoms with Gasteiger partial charge in [-0.25, -0.2) is 0 Å². The Morgan fingerprint density at radius 1 is 1.27 bits per heavy atom. The Bertz CT molecular complexity index is 888. The molecule has 0 N–H and O–H groups in total. The van der Waals surface area contributed by atoms with Gasteiger partial charge in [-0.05, 0) is 37.4 Å². The minimum absolute atomic E-state index is 0.143. The summed E-state index contributed by atoms with van der Waals surface area (Å²) in [5.74, 6) is 2.99. The van der Waals surface area contributed by atoms with Crippen LogP contribution >= 0.6 is 0 Å². The zero-order chi connectivity index (χ0) is 21.3. The Kier molecular flexibility index (Phi) is 5.82. The van der Waals surface area contributed by atoms with Crippen molar-refractivity contribution < 1.29 is 13.9 Å². The van der Waals surface area contributed by atoms with Crippen LogP contribution in [0.2, 0.25) is 0 Å². The van der Waals surface area contributed by atoms with E-state index >= 15 is 0 Å². The lowest BCUT2D eigenvalue weighted by molar-refractivity contribution is -0.142. The van der Waals surface area contributed by atoms with E-state index in [4.69, 9.17) is 9.15 Å². The van der Waals surface area contributed by atoms with Crippen LogP contribution < -0.4 is 4.74 Å². The molecule has 162 valence electrons. The molecule has 3 heterocycles. The highest BCUT2D eigenvalue weighted by molar-refractivity contribution is 5.77. The van der Waals surface area contributed by atoms with Crippen molar-refractivity contribution in [2.24, 2.45) is 11.3 Å². The standard InChI is InChI=1S/C23H32N4O3/c1-16(2)11-20-24-25-22(30-20)18-12-23(13-26(18)3)14-27(15-23)21(28)10-9-17-7-5-6-8-19(17)29-4/h5-8,16,18H,9-15H2,1-4H3. The highest BCUT2D eigenvalue weighted by Gasteiger charge is 2.53. The molecule has 30 heavy (non-hydrogen) atoms. The number of rotatable bonds is 7. The lowest BCUT2D eigenvalue weighted by Gasteiger charge is -2.48. The van der Waals surface area contributed by atoms with Gasteiger partial charge in [0.2, 0.25) is 17.7 Å².